The van der Waals surface area contributed by atoms with Gasteiger partial charge in [0.25, 0.3) is 0 Å². The molecular formula is C21H22ClN3O4S. The van der Waals surface area contributed by atoms with Gasteiger partial charge in [-0.1, -0.05) is 37.6 Å². The van der Waals surface area contributed by atoms with E-state index in [9.17, 15) is 13.2 Å². The molecule has 0 aliphatic carbocycles. The molecule has 30 heavy (non-hydrogen) atoms. The van der Waals surface area contributed by atoms with Crippen molar-refractivity contribution in [2.45, 2.75) is 31.4 Å². The van der Waals surface area contributed by atoms with Gasteiger partial charge in [-0.25, -0.2) is 13.1 Å². The minimum absolute atomic E-state index is 0.0274. The zero-order chi connectivity index (χ0) is 21.7. The van der Waals surface area contributed by atoms with Crippen molar-refractivity contribution >= 4 is 27.6 Å². The molecule has 0 bridgehead atoms. The number of sulfonamides is 1. The first kappa shape index (κ1) is 22.0. The van der Waals surface area contributed by atoms with E-state index in [1.165, 1.54) is 24.3 Å². The predicted octanol–water partition coefficient (Wildman–Crippen LogP) is 3.57. The van der Waals surface area contributed by atoms with E-state index in [0.29, 0.717) is 5.02 Å². The lowest BCUT2D eigenvalue weighted by Gasteiger charge is -2.21. The maximum atomic E-state index is 12.6. The van der Waals surface area contributed by atoms with Gasteiger partial charge in [-0.2, -0.15) is 9.82 Å². The van der Waals surface area contributed by atoms with Crippen molar-refractivity contribution in [3.05, 3.63) is 77.6 Å². The number of esters is 1. The molecule has 7 nitrogen and oxygen atoms in total. The average molecular weight is 448 g/mol. The minimum Gasteiger partial charge on any atom is -0.460 e. The van der Waals surface area contributed by atoms with Gasteiger partial charge in [-0.15, -0.1) is 0 Å². The number of aromatic nitrogens is 2. The molecule has 0 aliphatic rings. The molecule has 1 N–H and O–H groups in total. The zero-order valence-electron chi connectivity index (χ0n) is 16.5. The summed E-state index contributed by atoms with van der Waals surface area (Å²) in [5, 5.41) is 4.58. The molecule has 3 rings (SSSR count). The molecule has 1 heterocycles. The van der Waals surface area contributed by atoms with Gasteiger partial charge < -0.3 is 4.74 Å². The van der Waals surface area contributed by atoms with Gasteiger partial charge in [-0.3, -0.25) is 4.79 Å². The lowest BCUT2D eigenvalue weighted by Crippen LogP contribution is -2.45. The van der Waals surface area contributed by atoms with Crippen LogP contribution >= 0.6 is 11.6 Å². The molecule has 0 aliphatic heterocycles. The van der Waals surface area contributed by atoms with E-state index in [2.05, 4.69) is 9.82 Å². The second kappa shape index (κ2) is 9.42. The molecule has 3 aromatic rings. The van der Waals surface area contributed by atoms with E-state index >= 15 is 0 Å². The molecule has 0 radical (unpaired) electrons. The number of nitrogens with one attached hydrogen (secondary N) is 1. The highest BCUT2D eigenvalue weighted by molar-refractivity contribution is 7.89. The van der Waals surface area contributed by atoms with Crippen LogP contribution in [0.3, 0.4) is 0 Å². The van der Waals surface area contributed by atoms with Crippen LogP contribution in [0.25, 0.3) is 5.69 Å². The second-order valence-corrected chi connectivity index (χ2v) is 9.17. The molecule has 158 valence electrons. The molecule has 0 unspecified atom stereocenters. The first-order valence-corrected chi connectivity index (χ1v) is 11.2. The van der Waals surface area contributed by atoms with Gasteiger partial charge in [0, 0.05) is 17.4 Å². The quantitative estimate of drug-likeness (QED) is 0.533. The maximum absolute atomic E-state index is 12.6. The fourth-order valence-corrected chi connectivity index (χ4v) is 4.18. The van der Waals surface area contributed by atoms with E-state index in [4.69, 9.17) is 16.3 Å². The third kappa shape index (κ3) is 5.47. The molecule has 0 saturated carbocycles. The third-order valence-corrected chi connectivity index (χ3v) is 6.12. The fraction of sp³-hybridized carbons (Fsp3) is 0.238. The molecule has 0 fully saturated rings. The van der Waals surface area contributed by atoms with Crippen molar-refractivity contribution in [3.63, 3.8) is 0 Å². The molecule has 1 atom stereocenters. The van der Waals surface area contributed by atoms with Crippen LogP contribution in [0.2, 0.25) is 5.02 Å². The highest BCUT2D eigenvalue weighted by Gasteiger charge is 2.29. The minimum atomic E-state index is -3.90. The summed E-state index contributed by atoms with van der Waals surface area (Å²) in [7, 11) is -3.90. The van der Waals surface area contributed by atoms with Crippen molar-refractivity contribution in [3.8, 4) is 5.69 Å². The monoisotopic (exact) mass is 447 g/mol. The highest BCUT2D eigenvalue weighted by atomic mass is 35.5. The predicted molar refractivity (Wildman–Crippen MR) is 114 cm³/mol. The van der Waals surface area contributed by atoms with E-state index in [1.54, 1.807) is 24.7 Å². The Bertz CT molecular complexity index is 1080. The Morgan fingerprint density at radius 1 is 1.13 bits per heavy atom. The fourth-order valence-electron chi connectivity index (χ4n) is 2.72. The molecule has 0 spiro atoms. The largest absolute Gasteiger partial charge is 0.460 e. The summed E-state index contributed by atoms with van der Waals surface area (Å²) in [6.45, 7) is 3.52. The third-order valence-electron chi connectivity index (χ3n) is 4.41. The first-order valence-electron chi connectivity index (χ1n) is 9.30. The number of ether oxygens (including phenoxy) is 1. The number of benzene rings is 2. The molecule has 0 saturated heterocycles. The normalized spacial score (nSPS) is 12.7. The van der Waals surface area contributed by atoms with Crippen LogP contribution in [-0.4, -0.2) is 30.2 Å². The number of hydrogen-bond donors (Lipinski definition) is 1. The lowest BCUT2D eigenvalue weighted by atomic mass is 10.1. The van der Waals surface area contributed by atoms with E-state index in [-0.39, 0.29) is 17.4 Å². The summed E-state index contributed by atoms with van der Waals surface area (Å²) in [5.74, 6) is -0.944. The topological polar surface area (TPSA) is 90.3 Å². The summed E-state index contributed by atoms with van der Waals surface area (Å²) in [6.07, 6.45) is 3.52. The number of halogens is 1. The summed E-state index contributed by atoms with van der Waals surface area (Å²) < 4.78 is 34.8. The van der Waals surface area contributed by atoms with Crippen LogP contribution in [0.5, 0.6) is 0 Å². The molecule has 1 aromatic heterocycles. The number of hydrogen-bond acceptors (Lipinski definition) is 5. The van der Waals surface area contributed by atoms with Crippen LogP contribution in [0, 0.1) is 5.92 Å². The van der Waals surface area contributed by atoms with Crippen molar-refractivity contribution in [2.24, 2.45) is 5.92 Å². The van der Waals surface area contributed by atoms with Crippen molar-refractivity contribution in [1.82, 2.24) is 14.5 Å². The molecule has 2 aromatic carbocycles. The maximum Gasteiger partial charge on any atom is 0.324 e. The van der Waals surface area contributed by atoms with Crippen LogP contribution in [0.4, 0.5) is 0 Å². The Morgan fingerprint density at radius 2 is 1.80 bits per heavy atom. The van der Waals surface area contributed by atoms with Gasteiger partial charge in [0.1, 0.15) is 12.6 Å². The number of carbonyl (C=O) groups is 1. The lowest BCUT2D eigenvalue weighted by molar-refractivity contribution is -0.148. The van der Waals surface area contributed by atoms with E-state index in [0.717, 1.165) is 11.3 Å². The first-order chi connectivity index (χ1) is 14.3. The molecular weight excluding hydrogens is 426 g/mol. The highest BCUT2D eigenvalue weighted by Crippen LogP contribution is 2.17. The Hall–Kier alpha value is -2.68. The Balaban J connectivity index is 1.65. The van der Waals surface area contributed by atoms with Crippen molar-refractivity contribution in [1.29, 1.82) is 0 Å². The number of carbonyl (C=O) groups excluding carboxylic acids is 1. The summed E-state index contributed by atoms with van der Waals surface area (Å²) >= 11 is 5.81. The van der Waals surface area contributed by atoms with Gasteiger partial charge in [0.15, 0.2) is 0 Å². The van der Waals surface area contributed by atoms with E-state index < -0.39 is 22.0 Å². The van der Waals surface area contributed by atoms with Gasteiger partial charge >= 0.3 is 5.97 Å². The number of nitrogens with zero attached hydrogens (tertiary/aromatic N) is 2. The smallest absolute Gasteiger partial charge is 0.324 e. The van der Waals surface area contributed by atoms with Crippen LogP contribution < -0.4 is 4.72 Å². The molecule has 9 heteroatoms. The Labute approximate surface area is 180 Å². The SMILES string of the molecule is CC(C)[C@H](NS(=O)(=O)c1ccc(Cl)cc1)C(=O)OCc1ccc(-n2cccn2)cc1. The summed E-state index contributed by atoms with van der Waals surface area (Å²) in [4.78, 5) is 12.6. The zero-order valence-corrected chi connectivity index (χ0v) is 18.1. The Kier molecular flexibility index (Phi) is 6.91. The summed E-state index contributed by atoms with van der Waals surface area (Å²) in [5.41, 5.74) is 1.66. The summed E-state index contributed by atoms with van der Waals surface area (Å²) in [6, 6.07) is 13.9. The second-order valence-electron chi connectivity index (χ2n) is 7.02. The number of rotatable bonds is 8. The van der Waals surface area contributed by atoms with Crippen molar-refractivity contribution in [2.75, 3.05) is 0 Å². The standard InChI is InChI=1S/C21H22ClN3O4S/c1-15(2)20(24-30(27,28)19-10-6-17(22)7-11-19)21(26)29-14-16-4-8-18(9-5-16)25-13-3-12-23-25/h3-13,15,20,24H,14H2,1-2H3/t20-/m0/s1. The van der Waals surface area contributed by atoms with Crippen molar-refractivity contribution < 1.29 is 17.9 Å². The van der Waals surface area contributed by atoms with Gasteiger partial charge in [0.05, 0.1) is 10.6 Å². The van der Waals surface area contributed by atoms with Crippen LogP contribution in [-0.2, 0) is 26.2 Å². The van der Waals surface area contributed by atoms with Gasteiger partial charge in [-0.05, 0) is 53.9 Å². The van der Waals surface area contributed by atoms with Gasteiger partial charge in [0.2, 0.25) is 10.0 Å². The Morgan fingerprint density at radius 3 is 2.37 bits per heavy atom. The van der Waals surface area contributed by atoms with Crippen LogP contribution in [0.15, 0.2) is 71.9 Å². The molecule has 0 amide bonds. The van der Waals surface area contributed by atoms with E-state index in [1.807, 2.05) is 36.5 Å². The van der Waals surface area contributed by atoms with Crippen LogP contribution in [0.1, 0.15) is 19.4 Å². The average Bonchev–Trinajstić information content (AvgIpc) is 3.26.